The van der Waals surface area contributed by atoms with Gasteiger partial charge >= 0.3 is 6.18 Å². The van der Waals surface area contributed by atoms with Gasteiger partial charge in [0, 0.05) is 36.5 Å². The summed E-state index contributed by atoms with van der Waals surface area (Å²) in [6.45, 7) is 9.24. The van der Waals surface area contributed by atoms with Crippen LogP contribution in [-0.4, -0.2) is 45.9 Å². The van der Waals surface area contributed by atoms with Crippen LogP contribution in [0.2, 0.25) is 0 Å². The number of nitrogens with one attached hydrogen (secondary N) is 1. The van der Waals surface area contributed by atoms with Crippen molar-refractivity contribution < 1.29 is 18.0 Å². The quantitative estimate of drug-likeness (QED) is 0.785. The summed E-state index contributed by atoms with van der Waals surface area (Å²) in [5, 5.41) is 7.64. The van der Waals surface area contributed by atoms with Crippen molar-refractivity contribution in [3.05, 3.63) is 11.8 Å². The Morgan fingerprint density at radius 1 is 1.17 bits per heavy atom. The van der Waals surface area contributed by atoms with E-state index in [9.17, 15) is 18.0 Å². The number of halogens is 3. The maximum absolute atomic E-state index is 13.8. The first-order valence-electron chi connectivity index (χ1n) is 10.7. The number of anilines is 1. The minimum absolute atomic E-state index is 0.0139. The summed E-state index contributed by atoms with van der Waals surface area (Å²) in [6.07, 6.45) is -1.89. The van der Waals surface area contributed by atoms with Crippen molar-refractivity contribution >= 4 is 11.7 Å². The monoisotopic (exact) mass is 412 g/mol. The highest BCUT2D eigenvalue weighted by Gasteiger charge is 2.48. The fraction of sp³-hybridized carbons (Fsp3) is 0.810. The molecule has 0 aromatic carbocycles. The van der Waals surface area contributed by atoms with E-state index in [-0.39, 0.29) is 35.6 Å². The third-order valence-electron chi connectivity index (χ3n) is 6.83. The highest BCUT2D eigenvalue weighted by molar-refractivity contribution is 5.81. The second-order valence-electron chi connectivity index (χ2n) is 10.1. The molecule has 1 saturated heterocycles. The van der Waals surface area contributed by atoms with Gasteiger partial charge < -0.3 is 10.2 Å². The number of nitrogens with zero attached hydrogens (tertiary/aromatic N) is 3. The van der Waals surface area contributed by atoms with Crippen molar-refractivity contribution in [3.63, 3.8) is 0 Å². The number of amides is 1. The molecule has 0 unspecified atom stereocenters. The van der Waals surface area contributed by atoms with E-state index in [0.29, 0.717) is 30.5 Å². The van der Waals surface area contributed by atoms with Crippen molar-refractivity contribution in [1.29, 1.82) is 0 Å². The number of fused-ring (bicyclic) bond motifs is 1. The lowest BCUT2D eigenvalue weighted by molar-refractivity contribution is -0.174. The fourth-order valence-corrected chi connectivity index (χ4v) is 4.70. The Labute approximate surface area is 170 Å². The van der Waals surface area contributed by atoms with Crippen LogP contribution in [0.15, 0.2) is 6.07 Å². The van der Waals surface area contributed by atoms with Gasteiger partial charge in [-0.15, -0.1) is 0 Å². The first kappa shape index (κ1) is 20.5. The van der Waals surface area contributed by atoms with Gasteiger partial charge in [0.15, 0.2) is 6.04 Å². The van der Waals surface area contributed by atoms with E-state index in [0.717, 1.165) is 23.9 Å². The van der Waals surface area contributed by atoms with Gasteiger partial charge in [0.1, 0.15) is 5.82 Å². The van der Waals surface area contributed by atoms with Crippen molar-refractivity contribution in [2.75, 3.05) is 18.4 Å². The zero-order valence-corrected chi connectivity index (χ0v) is 17.6. The van der Waals surface area contributed by atoms with Crippen LogP contribution < -0.4 is 5.32 Å². The summed E-state index contributed by atoms with van der Waals surface area (Å²) in [7, 11) is 0. The van der Waals surface area contributed by atoms with Gasteiger partial charge in [-0.1, -0.05) is 27.7 Å². The van der Waals surface area contributed by atoms with Gasteiger partial charge in [-0.25, -0.2) is 4.68 Å². The van der Waals surface area contributed by atoms with Crippen LogP contribution in [0.3, 0.4) is 0 Å². The second kappa shape index (κ2) is 6.91. The number of hydrogen-bond donors (Lipinski definition) is 1. The van der Waals surface area contributed by atoms with E-state index >= 15 is 0 Å². The zero-order chi connectivity index (χ0) is 21.1. The molecule has 1 N–H and O–H groups in total. The largest absolute Gasteiger partial charge is 0.410 e. The van der Waals surface area contributed by atoms with Crippen LogP contribution >= 0.6 is 0 Å². The number of rotatable bonds is 2. The minimum atomic E-state index is -4.34. The first-order valence-corrected chi connectivity index (χ1v) is 10.7. The summed E-state index contributed by atoms with van der Waals surface area (Å²) >= 11 is 0. The van der Waals surface area contributed by atoms with Crippen LogP contribution in [0.5, 0.6) is 0 Å². The van der Waals surface area contributed by atoms with E-state index in [1.54, 1.807) is 6.07 Å². The molecule has 8 heteroatoms. The molecule has 4 atom stereocenters. The van der Waals surface area contributed by atoms with Gasteiger partial charge in [-0.05, 0) is 37.5 Å². The van der Waals surface area contributed by atoms with E-state index in [1.165, 1.54) is 0 Å². The standard InChI is InChI=1S/C21H31F3N4O/c1-12-9-14(12)19(29)27-7-5-13(6-8-27)15-10-17(21(22,23)24)28-18(25-15)11-16(26-28)20(2,3)4/h11-15,17,25H,5-10H2,1-4H3/t12-,14-,15-,17+/m0/s1. The number of piperidine rings is 1. The molecular weight excluding hydrogens is 381 g/mol. The molecule has 0 radical (unpaired) electrons. The molecule has 29 heavy (non-hydrogen) atoms. The molecule has 2 aliphatic heterocycles. The molecule has 2 fully saturated rings. The number of aromatic nitrogens is 2. The molecule has 0 bridgehead atoms. The summed E-state index contributed by atoms with van der Waals surface area (Å²) in [4.78, 5) is 14.4. The third kappa shape index (κ3) is 3.99. The number of carbonyl (C=O) groups excluding carboxylic acids is 1. The third-order valence-corrected chi connectivity index (χ3v) is 6.83. The maximum Gasteiger partial charge on any atom is 0.410 e. The van der Waals surface area contributed by atoms with Crippen molar-refractivity contribution in [2.24, 2.45) is 17.8 Å². The lowest BCUT2D eigenvalue weighted by Gasteiger charge is -2.41. The van der Waals surface area contributed by atoms with Crippen LogP contribution in [0.1, 0.15) is 65.1 Å². The van der Waals surface area contributed by atoms with E-state index in [2.05, 4.69) is 17.3 Å². The Bertz CT molecular complexity index is 774. The Hall–Kier alpha value is -1.73. The van der Waals surface area contributed by atoms with E-state index in [4.69, 9.17) is 0 Å². The predicted octanol–water partition coefficient (Wildman–Crippen LogP) is 4.36. The van der Waals surface area contributed by atoms with Crippen molar-refractivity contribution in [3.8, 4) is 0 Å². The van der Waals surface area contributed by atoms with Crippen LogP contribution in [-0.2, 0) is 10.2 Å². The summed E-state index contributed by atoms with van der Waals surface area (Å²) in [6, 6.07) is -0.0968. The molecule has 4 rings (SSSR count). The SMILES string of the molecule is C[C@H]1C[C@@H]1C(=O)N1CCC([C@@H]2C[C@H](C(F)(F)F)n3nc(C(C)(C)C)cc3N2)CC1. The van der Waals surface area contributed by atoms with Crippen molar-refractivity contribution in [2.45, 2.75) is 77.1 Å². The Kier molecular flexibility index (Phi) is 4.89. The van der Waals surface area contributed by atoms with E-state index in [1.807, 2.05) is 25.7 Å². The zero-order valence-electron chi connectivity index (χ0n) is 17.6. The van der Waals surface area contributed by atoms with Crippen LogP contribution in [0.25, 0.3) is 0 Å². The van der Waals surface area contributed by atoms with Gasteiger partial charge in [0.05, 0.1) is 5.69 Å². The molecule has 1 aliphatic carbocycles. The summed E-state index contributed by atoms with van der Waals surface area (Å²) in [5.74, 6) is 1.46. The first-order chi connectivity index (χ1) is 13.4. The topological polar surface area (TPSA) is 50.2 Å². The number of likely N-dealkylation sites (tertiary alicyclic amines) is 1. The van der Waals surface area contributed by atoms with Crippen molar-refractivity contribution in [1.82, 2.24) is 14.7 Å². The average molecular weight is 413 g/mol. The summed E-state index contributed by atoms with van der Waals surface area (Å²) < 4.78 is 42.6. The Morgan fingerprint density at radius 2 is 1.79 bits per heavy atom. The number of carbonyl (C=O) groups is 1. The lowest BCUT2D eigenvalue weighted by atomic mass is 9.84. The smallest absolute Gasteiger partial charge is 0.367 e. The molecule has 3 heterocycles. The van der Waals surface area contributed by atoms with Gasteiger partial charge in [0.25, 0.3) is 0 Å². The fourth-order valence-electron chi connectivity index (χ4n) is 4.70. The molecule has 1 amide bonds. The van der Waals surface area contributed by atoms with Crippen LogP contribution in [0.4, 0.5) is 19.0 Å². The predicted molar refractivity (Wildman–Crippen MR) is 105 cm³/mol. The second-order valence-corrected chi connectivity index (χ2v) is 10.1. The highest BCUT2D eigenvalue weighted by atomic mass is 19.4. The van der Waals surface area contributed by atoms with E-state index < -0.39 is 12.2 Å². The molecule has 5 nitrogen and oxygen atoms in total. The van der Waals surface area contributed by atoms with Gasteiger partial charge in [0.2, 0.25) is 5.91 Å². The molecule has 1 saturated carbocycles. The lowest BCUT2D eigenvalue weighted by Crippen LogP contribution is -2.47. The van der Waals surface area contributed by atoms with Gasteiger partial charge in [-0.2, -0.15) is 18.3 Å². The van der Waals surface area contributed by atoms with Crippen LogP contribution in [0, 0.1) is 17.8 Å². The Morgan fingerprint density at radius 3 is 2.31 bits per heavy atom. The average Bonchev–Trinajstić information content (AvgIpc) is 3.19. The molecule has 3 aliphatic rings. The maximum atomic E-state index is 13.8. The normalized spacial score (nSPS) is 30.7. The molecule has 1 aromatic heterocycles. The van der Waals surface area contributed by atoms with Gasteiger partial charge in [-0.3, -0.25) is 4.79 Å². The Balaban J connectivity index is 1.48. The molecular formula is C21H31F3N4O. The molecule has 1 aromatic rings. The highest BCUT2D eigenvalue weighted by Crippen LogP contribution is 2.44. The molecule has 0 spiro atoms. The number of alkyl halides is 3. The summed E-state index contributed by atoms with van der Waals surface area (Å²) in [5.41, 5.74) is 0.345. The molecule has 162 valence electrons. The minimum Gasteiger partial charge on any atom is -0.367 e. The number of hydrogen-bond acceptors (Lipinski definition) is 3.